The average molecular weight is 294 g/mol. The first-order valence-corrected chi connectivity index (χ1v) is 6.09. The van der Waals surface area contributed by atoms with Crippen LogP contribution in [-0.2, 0) is 6.42 Å². The minimum absolute atomic E-state index is 0.120. The first-order valence-electron chi connectivity index (χ1n) is 5.29. The van der Waals surface area contributed by atoms with Crippen LogP contribution < -0.4 is 5.73 Å². The Morgan fingerprint density at radius 2 is 2.06 bits per heavy atom. The van der Waals surface area contributed by atoms with Crippen molar-refractivity contribution in [3.8, 4) is 0 Å². The molecule has 0 amide bonds. The molecule has 0 unspecified atom stereocenters. The highest BCUT2D eigenvalue weighted by atomic mass is 79.9. The second-order valence-electron chi connectivity index (χ2n) is 3.62. The van der Waals surface area contributed by atoms with Crippen molar-refractivity contribution in [1.29, 1.82) is 0 Å². The van der Waals surface area contributed by atoms with E-state index in [1.807, 2.05) is 18.2 Å². The van der Waals surface area contributed by atoms with Crippen LogP contribution >= 0.6 is 15.9 Å². The lowest BCUT2D eigenvalue weighted by molar-refractivity contribution is 0.101. The molecule has 0 saturated heterocycles. The molecule has 2 N–H and O–H groups in total. The zero-order valence-corrected chi connectivity index (χ0v) is 10.7. The second kappa shape index (κ2) is 5.29. The molecular formula is C13H12BrNO2. The minimum Gasteiger partial charge on any atom is -0.460 e. The number of halogens is 1. The Hall–Kier alpha value is -1.39. The van der Waals surface area contributed by atoms with Crippen molar-refractivity contribution in [3.63, 3.8) is 0 Å². The van der Waals surface area contributed by atoms with Gasteiger partial charge in [0, 0.05) is 5.56 Å². The number of hydrogen-bond donors (Lipinski definition) is 1. The molecule has 0 saturated carbocycles. The van der Waals surface area contributed by atoms with Crippen molar-refractivity contribution in [1.82, 2.24) is 0 Å². The number of rotatable bonds is 4. The monoisotopic (exact) mass is 293 g/mol. The van der Waals surface area contributed by atoms with Gasteiger partial charge in [0.2, 0.25) is 5.78 Å². The molecule has 2 aromatic rings. The maximum atomic E-state index is 12.3. The fraction of sp³-hybridized carbons (Fsp3) is 0.154. The van der Waals surface area contributed by atoms with Crippen LogP contribution in [0.25, 0.3) is 0 Å². The van der Waals surface area contributed by atoms with Crippen LogP contribution in [0.2, 0.25) is 0 Å². The molecule has 0 fully saturated rings. The van der Waals surface area contributed by atoms with Gasteiger partial charge in [-0.2, -0.15) is 0 Å². The second-order valence-corrected chi connectivity index (χ2v) is 4.48. The molecule has 3 nitrogen and oxygen atoms in total. The van der Waals surface area contributed by atoms with E-state index in [1.165, 1.54) is 6.26 Å². The Labute approximate surface area is 108 Å². The summed E-state index contributed by atoms with van der Waals surface area (Å²) < 4.78 is 5.86. The summed E-state index contributed by atoms with van der Waals surface area (Å²) in [5.74, 6) is 0.209. The maximum Gasteiger partial charge on any atom is 0.229 e. The number of hydrogen-bond acceptors (Lipinski definition) is 3. The Morgan fingerprint density at radius 3 is 2.71 bits per heavy atom. The van der Waals surface area contributed by atoms with E-state index in [4.69, 9.17) is 10.2 Å². The van der Waals surface area contributed by atoms with Gasteiger partial charge in [0.25, 0.3) is 0 Å². The van der Waals surface area contributed by atoms with E-state index >= 15 is 0 Å². The van der Waals surface area contributed by atoms with Gasteiger partial charge in [0.05, 0.1) is 10.7 Å². The maximum absolute atomic E-state index is 12.3. The normalized spacial score (nSPS) is 10.5. The van der Waals surface area contributed by atoms with Gasteiger partial charge in [-0.1, -0.05) is 24.3 Å². The quantitative estimate of drug-likeness (QED) is 0.882. The van der Waals surface area contributed by atoms with Crippen molar-refractivity contribution in [3.05, 3.63) is 58.0 Å². The summed E-state index contributed by atoms with van der Waals surface area (Å²) in [6.45, 7) is 0.517. The number of carbonyl (C=O) groups excluding carboxylic acids is 1. The fourth-order valence-corrected chi connectivity index (χ4v) is 2.07. The van der Waals surface area contributed by atoms with Crippen LogP contribution in [0.15, 0.2) is 45.5 Å². The van der Waals surface area contributed by atoms with Crippen LogP contribution in [0.3, 0.4) is 0 Å². The van der Waals surface area contributed by atoms with Crippen molar-refractivity contribution in [2.45, 2.75) is 6.42 Å². The van der Waals surface area contributed by atoms with Crippen LogP contribution in [0, 0.1) is 0 Å². The third-order valence-corrected chi connectivity index (χ3v) is 3.12. The Kier molecular flexibility index (Phi) is 3.76. The number of benzene rings is 1. The summed E-state index contributed by atoms with van der Waals surface area (Å²) in [4.78, 5) is 12.3. The molecule has 1 heterocycles. The predicted octanol–water partition coefficient (Wildman–Crippen LogP) is 2.77. The van der Waals surface area contributed by atoms with Gasteiger partial charge in [-0.15, -0.1) is 0 Å². The van der Waals surface area contributed by atoms with E-state index in [1.54, 1.807) is 12.1 Å². The largest absolute Gasteiger partial charge is 0.460 e. The van der Waals surface area contributed by atoms with E-state index in [0.717, 1.165) is 5.56 Å². The van der Waals surface area contributed by atoms with Crippen LogP contribution in [0.1, 0.15) is 21.7 Å². The van der Waals surface area contributed by atoms with Crippen LogP contribution in [0.4, 0.5) is 0 Å². The zero-order chi connectivity index (χ0) is 12.3. The molecule has 88 valence electrons. The summed E-state index contributed by atoms with van der Waals surface area (Å²) >= 11 is 3.29. The standard InChI is InChI=1S/C13H12BrNO2/c14-11-6-8-17-13(11)12(16)10-4-2-1-3-9(10)5-7-15/h1-4,6,8H,5,7,15H2. The summed E-state index contributed by atoms with van der Waals surface area (Å²) in [7, 11) is 0. The lowest BCUT2D eigenvalue weighted by Gasteiger charge is -2.06. The molecule has 1 aromatic heterocycles. The molecule has 0 aliphatic heterocycles. The topological polar surface area (TPSA) is 56.2 Å². The van der Waals surface area contributed by atoms with Crippen molar-refractivity contribution in [2.24, 2.45) is 5.73 Å². The van der Waals surface area contributed by atoms with Gasteiger partial charge >= 0.3 is 0 Å². The molecule has 0 aliphatic rings. The van der Waals surface area contributed by atoms with Gasteiger partial charge in [0.1, 0.15) is 0 Å². The number of ketones is 1. The number of nitrogens with two attached hydrogens (primary N) is 1. The molecule has 2 rings (SSSR count). The number of carbonyl (C=O) groups is 1. The minimum atomic E-state index is -0.120. The third-order valence-electron chi connectivity index (χ3n) is 2.50. The zero-order valence-electron chi connectivity index (χ0n) is 9.15. The van der Waals surface area contributed by atoms with Gasteiger partial charge in [-0.05, 0) is 40.5 Å². The lowest BCUT2D eigenvalue weighted by atomic mass is 10.00. The van der Waals surface area contributed by atoms with Gasteiger partial charge in [-0.25, -0.2) is 0 Å². The SMILES string of the molecule is NCCc1ccccc1C(=O)c1occc1Br. The van der Waals surface area contributed by atoms with E-state index in [-0.39, 0.29) is 5.78 Å². The van der Waals surface area contributed by atoms with Crippen LogP contribution in [-0.4, -0.2) is 12.3 Å². The fourth-order valence-electron chi connectivity index (χ4n) is 1.69. The third kappa shape index (κ3) is 2.48. The highest BCUT2D eigenvalue weighted by Gasteiger charge is 2.18. The molecule has 4 heteroatoms. The first-order chi connectivity index (χ1) is 8.24. The van der Waals surface area contributed by atoms with Gasteiger partial charge in [0.15, 0.2) is 5.76 Å². The summed E-state index contributed by atoms with van der Waals surface area (Å²) in [6, 6.07) is 9.15. The Bertz CT molecular complexity index is 534. The van der Waals surface area contributed by atoms with Crippen molar-refractivity contribution < 1.29 is 9.21 Å². The summed E-state index contributed by atoms with van der Waals surface area (Å²) in [5.41, 5.74) is 7.13. The van der Waals surface area contributed by atoms with E-state index < -0.39 is 0 Å². The van der Waals surface area contributed by atoms with E-state index in [0.29, 0.717) is 28.8 Å². The molecule has 17 heavy (non-hydrogen) atoms. The summed E-state index contributed by atoms with van der Waals surface area (Å²) in [6.07, 6.45) is 2.17. The Balaban J connectivity index is 2.40. The molecule has 0 aliphatic carbocycles. The van der Waals surface area contributed by atoms with Crippen molar-refractivity contribution in [2.75, 3.05) is 6.54 Å². The van der Waals surface area contributed by atoms with Crippen LogP contribution in [0.5, 0.6) is 0 Å². The lowest BCUT2D eigenvalue weighted by Crippen LogP contribution is -2.09. The van der Waals surface area contributed by atoms with E-state index in [9.17, 15) is 4.79 Å². The van der Waals surface area contributed by atoms with Gasteiger partial charge in [-0.3, -0.25) is 4.79 Å². The number of furan rings is 1. The first kappa shape index (κ1) is 12.1. The Morgan fingerprint density at radius 1 is 1.29 bits per heavy atom. The smallest absolute Gasteiger partial charge is 0.229 e. The highest BCUT2D eigenvalue weighted by Crippen LogP contribution is 2.22. The molecule has 1 aromatic carbocycles. The molecule has 0 atom stereocenters. The summed E-state index contributed by atoms with van der Waals surface area (Å²) in [5, 5.41) is 0. The molecular weight excluding hydrogens is 282 g/mol. The molecule has 0 bridgehead atoms. The molecule has 0 radical (unpaired) electrons. The average Bonchev–Trinajstić information content (AvgIpc) is 2.76. The van der Waals surface area contributed by atoms with Gasteiger partial charge < -0.3 is 10.2 Å². The van der Waals surface area contributed by atoms with Crippen molar-refractivity contribution >= 4 is 21.7 Å². The predicted molar refractivity (Wildman–Crippen MR) is 69.0 cm³/mol. The van der Waals surface area contributed by atoms with E-state index in [2.05, 4.69) is 15.9 Å². The molecule has 0 spiro atoms. The highest BCUT2D eigenvalue weighted by molar-refractivity contribution is 9.10.